The van der Waals surface area contributed by atoms with E-state index in [1.165, 1.54) is 16.5 Å². The monoisotopic (exact) mass is 390 g/mol. The van der Waals surface area contributed by atoms with Crippen LogP contribution in [-0.2, 0) is 6.54 Å². The van der Waals surface area contributed by atoms with E-state index in [0.29, 0.717) is 5.02 Å². The second kappa shape index (κ2) is 7.26. The maximum absolute atomic E-state index is 5.96. The smallest absolute Gasteiger partial charge is 0.163 e. The summed E-state index contributed by atoms with van der Waals surface area (Å²) in [6.45, 7) is 2.77. The van der Waals surface area contributed by atoms with Crippen LogP contribution in [0.1, 0.15) is 17.7 Å². The van der Waals surface area contributed by atoms with Gasteiger partial charge in [0.15, 0.2) is 5.76 Å². The van der Waals surface area contributed by atoms with Crippen molar-refractivity contribution < 1.29 is 4.52 Å². The quantitative estimate of drug-likeness (QED) is 0.522. The molecule has 0 unspecified atom stereocenters. The highest BCUT2D eigenvalue weighted by Crippen LogP contribution is 2.28. The van der Waals surface area contributed by atoms with Crippen LogP contribution in [0.4, 0.5) is 0 Å². The normalized spacial score (nSPS) is 15.1. The van der Waals surface area contributed by atoms with Crippen LogP contribution in [0, 0.1) is 0 Å². The summed E-state index contributed by atoms with van der Waals surface area (Å²) >= 11 is 5.96. The SMILES string of the molecule is Clc1ccc(-c2cc(C3=CCN(Cc4c[nH]c5ncccc45)CC3)on2)cc1. The predicted molar refractivity (Wildman–Crippen MR) is 111 cm³/mol. The third-order valence-corrected chi connectivity index (χ3v) is 5.44. The fourth-order valence-electron chi connectivity index (χ4n) is 3.65. The van der Waals surface area contributed by atoms with Gasteiger partial charge >= 0.3 is 0 Å². The largest absolute Gasteiger partial charge is 0.356 e. The van der Waals surface area contributed by atoms with Crippen molar-refractivity contribution >= 4 is 28.2 Å². The van der Waals surface area contributed by atoms with Crippen LogP contribution in [0.2, 0.25) is 5.02 Å². The Morgan fingerprint density at radius 3 is 2.89 bits per heavy atom. The fraction of sp³-hybridized carbons (Fsp3) is 0.182. The first kappa shape index (κ1) is 17.2. The van der Waals surface area contributed by atoms with E-state index in [-0.39, 0.29) is 0 Å². The molecule has 140 valence electrons. The molecule has 4 aromatic rings. The van der Waals surface area contributed by atoms with Crippen molar-refractivity contribution in [2.24, 2.45) is 0 Å². The minimum Gasteiger partial charge on any atom is -0.356 e. The summed E-state index contributed by atoms with van der Waals surface area (Å²) in [7, 11) is 0. The molecular formula is C22H19ClN4O. The van der Waals surface area contributed by atoms with Crippen LogP contribution in [0.5, 0.6) is 0 Å². The molecule has 1 aliphatic rings. The highest BCUT2D eigenvalue weighted by atomic mass is 35.5. The van der Waals surface area contributed by atoms with Gasteiger partial charge in [-0.3, -0.25) is 4.90 Å². The topological polar surface area (TPSA) is 58.0 Å². The lowest BCUT2D eigenvalue weighted by atomic mass is 10.0. The number of H-pyrrole nitrogens is 1. The first-order valence-electron chi connectivity index (χ1n) is 9.32. The molecule has 6 heteroatoms. The second-order valence-electron chi connectivity index (χ2n) is 7.01. The van der Waals surface area contributed by atoms with Gasteiger partial charge in [0.05, 0.1) is 0 Å². The van der Waals surface area contributed by atoms with Gasteiger partial charge in [-0.2, -0.15) is 0 Å². The van der Waals surface area contributed by atoms with Crippen LogP contribution in [-0.4, -0.2) is 33.1 Å². The van der Waals surface area contributed by atoms with Crippen LogP contribution < -0.4 is 0 Å². The Labute approximate surface area is 167 Å². The fourth-order valence-corrected chi connectivity index (χ4v) is 3.77. The molecule has 0 atom stereocenters. The maximum atomic E-state index is 5.96. The molecule has 5 nitrogen and oxygen atoms in total. The zero-order valence-corrected chi connectivity index (χ0v) is 16.0. The van der Waals surface area contributed by atoms with Crippen molar-refractivity contribution in [2.45, 2.75) is 13.0 Å². The molecule has 5 rings (SSSR count). The zero-order chi connectivity index (χ0) is 18.9. The first-order valence-corrected chi connectivity index (χ1v) is 9.69. The zero-order valence-electron chi connectivity index (χ0n) is 15.2. The number of rotatable bonds is 4. The molecule has 0 spiro atoms. The summed E-state index contributed by atoms with van der Waals surface area (Å²) in [5, 5.41) is 6.13. The standard InChI is InChI=1S/C22H19ClN4O/c23-18-5-3-15(4-6-18)20-12-21(28-26-20)16-7-10-27(11-8-16)14-17-13-25-22-19(17)2-1-9-24-22/h1-7,9,12-13H,8,10-11,14H2,(H,24,25). The van der Waals surface area contributed by atoms with E-state index in [9.17, 15) is 0 Å². The molecule has 1 aliphatic heterocycles. The van der Waals surface area contributed by atoms with Crippen molar-refractivity contribution in [3.63, 3.8) is 0 Å². The summed E-state index contributed by atoms with van der Waals surface area (Å²) in [5.41, 5.74) is 5.28. The van der Waals surface area contributed by atoms with E-state index in [2.05, 4.69) is 38.4 Å². The molecular weight excluding hydrogens is 372 g/mol. The van der Waals surface area contributed by atoms with E-state index in [4.69, 9.17) is 16.1 Å². The molecule has 1 aromatic carbocycles. The molecule has 0 bridgehead atoms. The second-order valence-corrected chi connectivity index (χ2v) is 7.45. The Kier molecular flexibility index (Phi) is 4.47. The molecule has 28 heavy (non-hydrogen) atoms. The van der Waals surface area contributed by atoms with Crippen molar-refractivity contribution in [1.29, 1.82) is 0 Å². The minimum absolute atomic E-state index is 0.716. The van der Waals surface area contributed by atoms with Gasteiger partial charge in [-0.05, 0) is 41.8 Å². The minimum atomic E-state index is 0.716. The Morgan fingerprint density at radius 2 is 2.07 bits per heavy atom. The highest BCUT2D eigenvalue weighted by molar-refractivity contribution is 6.30. The van der Waals surface area contributed by atoms with Gasteiger partial charge in [-0.1, -0.05) is 35.0 Å². The number of aromatic amines is 1. The van der Waals surface area contributed by atoms with E-state index in [0.717, 1.165) is 48.7 Å². The number of nitrogens with zero attached hydrogens (tertiary/aromatic N) is 3. The van der Waals surface area contributed by atoms with Crippen molar-refractivity contribution in [3.8, 4) is 11.3 Å². The number of hydrogen-bond acceptors (Lipinski definition) is 4. The molecule has 0 radical (unpaired) electrons. The Bertz CT molecular complexity index is 1140. The number of pyridine rings is 1. The van der Waals surface area contributed by atoms with Crippen molar-refractivity contribution in [3.05, 3.63) is 77.3 Å². The molecule has 3 aromatic heterocycles. The van der Waals surface area contributed by atoms with E-state index in [1.807, 2.05) is 42.6 Å². The Morgan fingerprint density at radius 1 is 1.18 bits per heavy atom. The average molecular weight is 391 g/mol. The van der Waals surface area contributed by atoms with Gasteiger partial charge in [0.25, 0.3) is 0 Å². The summed E-state index contributed by atoms with van der Waals surface area (Å²) in [6, 6.07) is 13.7. The summed E-state index contributed by atoms with van der Waals surface area (Å²) in [4.78, 5) is 10.0. The van der Waals surface area contributed by atoms with Crippen molar-refractivity contribution in [1.82, 2.24) is 20.0 Å². The average Bonchev–Trinajstić information content (AvgIpc) is 3.37. The van der Waals surface area contributed by atoms with Gasteiger partial charge < -0.3 is 9.51 Å². The van der Waals surface area contributed by atoms with Crippen LogP contribution in [0.3, 0.4) is 0 Å². The Hall–Kier alpha value is -2.89. The molecule has 0 fully saturated rings. The molecule has 0 amide bonds. The molecule has 4 heterocycles. The molecule has 0 saturated heterocycles. The number of aromatic nitrogens is 3. The number of hydrogen-bond donors (Lipinski definition) is 1. The number of fused-ring (bicyclic) bond motifs is 1. The number of nitrogens with one attached hydrogen (secondary N) is 1. The van der Waals surface area contributed by atoms with E-state index >= 15 is 0 Å². The molecule has 1 N–H and O–H groups in total. The molecule has 0 aliphatic carbocycles. The lowest BCUT2D eigenvalue weighted by Crippen LogP contribution is -2.27. The summed E-state index contributed by atoms with van der Waals surface area (Å²) in [5.74, 6) is 0.848. The van der Waals surface area contributed by atoms with Crippen molar-refractivity contribution in [2.75, 3.05) is 13.1 Å². The molecule has 0 saturated carbocycles. The first-order chi connectivity index (χ1) is 13.8. The van der Waals surface area contributed by atoms with Crippen LogP contribution in [0.25, 0.3) is 27.9 Å². The number of halogens is 1. The highest BCUT2D eigenvalue weighted by Gasteiger charge is 2.18. The van der Waals surface area contributed by atoms with Gasteiger partial charge in [0.2, 0.25) is 0 Å². The predicted octanol–water partition coefficient (Wildman–Crippen LogP) is 5.16. The third-order valence-electron chi connectivity index (χ3n) is 5.19. The summed E-state index contributed by atoms with van der Waals surface area (Å²) in [6.07, 6.45) is 7.05. The van der Waals surface area contributed by atoms with Crippen LogP contribution in [0.15, 0.2) is 65.5 Å². The van der Waals surface area contributed by atoms with Gasteiger partial charge in [-0.15, -0.1) is 0 Å². The van der Waals surface area contributed by atoms with E-state index < -0.39 is 0 Å². The Balaban J connectivity index is 1.29. The van der Waals surface area contributed by atoms with Gasteiger partial charge in [-0.25, -0.2) is 4.98 Å². The maximum Gasteiger partial charge on any atom is 0.163 e. The van der Waals surface area contributed by atoms with E-state index in [1.54, 1.807) is 0 Å². The summed E-state index contributed by atoms with van der Waals surface area (Å²) < 4.78 is 5.60. The third kappa shape index (κ3) is 3.35. The lowest BCUT2D eigenvalue weighted by molar-refractivity contribution is 0.292. The van der Waals surface area contributed by atoms with Gasteiger partial charge in [0.1, 0.15) is 11.3 Å². The lowest BCUT2D eigenvalue weighted by Gasteiger charge is -2.25. The van der Waals surface area contributed by atoms with Gasteiger partial charge in [0, 0.05) is 54.1 Å². The number of benzene rings is 1. The van der Waals surface area contributed by atoms with Crippen LogP contribution >= 0.6 is 11.6 Å².